The van der Waals surface area contributed by atoms with E-state index < -0.39 is 73.0 Å². The lowest BCUT2D eigenvalue weighted by molar-refractivity contribution is -0.138. The number of hydrogen-bond donors (Lipinski definition) is 5. The van der Waals surface area contributed by atoms with Crippen LogP contribution < -0.4 is 0 Å². The first kappa shape index (κ1) is 59.4. The maximum absolute atomic E-state index is 12.9. The first-order valence-corrected chi connectivity index (χ1v) is 26.7. The molecule has 0 saturated carbocycles. The molecular weight excluding hydrogens is 900 g/mol. The van der Waals surface area contributed by atoms with Gasteiger partial charge in [-0.1, -0.05) is 76.2 Å². The average Bonchev–Trinajstić information content (AvgIpc) is 3.18. The van der Waals surface area contributed by atoms with Gasteiger partial charge < -0.3 is 34.5 Å². The van der Waals surface area contributed by atoms with Crippen LogP contribution in [0, 0.1) is 33.5 Å². The van der Waals surface area contributed by atoms with Crippen LogP contribution in [0.15, 0.2) is 0 Å². The van der Waals surface area contributed by atoms with Gasteiger partial charge in [0.25, 0.3) is 0 Å². The SMILES string of the molecule is CCC1(COP(=O)(O)OCC2(COP(=O)(O)OC)CCN(C(=O)C(C)C)CC2)CCN(C(=O)C(C)C)CC1.COP(=O)(O)OC(COP(=O)(O)OC(CO)C(C)(C)C)C(C)(C)C. The lowest BCUT2D eigenvalue weighted by atomic mass is 9.77. The summed E-state index contributed by atoms with van der Waals surface area (Å²) in [6.07, 6.45) is 0.771. The molecule has 2 rings (SSSR count). The zero-order valence-electron chi connectivity index (χ0n) is 38.8. The minimum atomic E-state index is -4.51. The largest absolute Gasteiger partial charge is 0.472 e. The van der Waals surface area contributed by atoms with Crippen molar-refractivity contribution in [3.8, 4) is 0 Å². The lowest BCUT2D eigenvalue weighted by Gasteiger charge is -2.43. The zero-order valence-corrected chi connectivity index (χ0v) is 42.4. The minimum absolute atomic E-state index is 0.00710. The predicted octanol–water partition coefficient (Wildman–Crippen LogP) is 6.53. The number of likely N-dealkylation sites (tertiary alicyclic amines) is 2. The van der Waals surface area contributed by atoms with Crippen molar-refractivity contribution < 1.29 is 88.7 Å². The fourth-order valence-corrected chi connectivity index (χ4v) is 9.63. The molecule has 5 N–H and O–H groups in total. The maximum Gasteiger partial charge on any atom is 0.472 e. The van der Waals surface area contributed by atoms with Gasteiger partial charge in [0.2, 0.25) is 11.8 Å². The number of nitrogens with zero attached hydrogens (tertiary/aromatic N) is 2. The van der Waals surface area contributed by atoms with E-state index in [1.54, 1.807) is 46.4 Å². The van der Waals surface area contributed by atoms with Gasteiger partial charge in [0.1, 0.15) is 0 Å². The van der Waals surface area contributed by atoms with Gasteiger partial charge in [-0.05, 0) is 48.3 Å². The van der Waals surface area contributed by atoms with Crippen LogP contribution in [0.5, 0.6) is 0 Å². The molecular formula is C37H76N2O19P4. The van der Waals surface area contributed by atoms with E-state index in [4.69, 9.17) is 27.1 Å². The highest BCUT2D eigenvalue weighted by Gasteiger charge is 2.43. The number of hydrogen-bond acceptors (Lipinski definition) is 15. The molecule has 0 aliphatic carbocycles. The van der Waals surface area contributed by atoms with E-state index in [-0.39, 0.29) is 48.9 Å². The molecule has 0 bridgehead atoms. The smallest absolute Gasteiger partial charge is 0.394 e. The number of phosphoric ester groups is 4. The molecule has 2 amide bonds. The molecule has 2 heterocycles. The standard InChI is InChI=1S/C24H46N2O10P2.C13H30O9P2/c1-7-23(8-12-25(13-9-23)21(27)19(2)3)16-35-38(31,32)36-18-24(17-34-37(29,30)33-6)10-14-26(15-11-24)22(28)20(4)5;1-12(2,3)10(8-14)21-24(17,18)20-9-11(13(4,5)6)22-23(15,16)19-7/h19-20H,7-18H2,1-6H3,(H,29,30)(H,31,32);10-11,14H,8-9H2,1-7H3,(H,15,16)(H,17,18). The first-order chi connectivity index (χ1) is 28.1. The van der Waals surface area contributed by atoms with Crippen molar-refractivity contribution in [3.63, 3.8) is 0 Å². The van der Waals surface area contributed by atoms with E-state index in [2.05, 4.69) is 9.05 Å². The van der Waals surface area contributed by atoms with Gasteiger partial charge in [0.15, 0.2) is 0 Å². The van der Waals surface area contributed by atoms with Gasteiger partial charge in [0.05, 0.1) is 45.2 Å². The maximum atomic E-state index is 12.9. The second-order valence-corrected chi connectivity index (χ2v) is 24.7. The molecule has 0 radical (unpaired) electrons. The van der Waals surface area contributed by atoms with E-state index in [1.807, 2.05) is 39.5 Å². The Kier molecular flexibility index (Phi) is 23.3. The summed E-state index contributed by atoms with van der Waals surface area (Å²) in [7, 11) is -15.5. The van der Waals surface area contributed by atoms with Crippen LogP contribution in [-0.4, -0.2) is 132 Å². The molecule has 0 aromatic heterocycles. The number of carbonyl (C=O) groups excluding carboxylic acids is 2. The van der Waals surface area contributed by atoms with Crippen LogP contribution in [0.25, 0.3) is 0 Å². The number of phosphoric acid groups is 4. The van der Waals surface area contributed by atoms with E-state index >= 15 is 0 Å². The quantitative estimate of drug-likeness (QED) is 0.0721. The molecule has 2 saturated heterocycles. The van der Waals surface area contributed by atoms with Crippen molar-refractivity contribution in [2.45, 2.75) is 120 Å². The van der Waals surface area contributed by atoms with Gasteiger partial charge in [0, 0.05) is 57.6 Å². The Morgan fingerprint density at radius 2 is 0.935 bits per heavy atom. The number of carbonyl (C=O) groups is 2. The van der Waals surface area contributed by atoms with Crippen LogP contribution in [0.2, 0.25) is 0 Å². The topological polar surface area (TPSA) is 284 Å². The summed E-state index contributed by atoms with van der Waals surface area (Å²) < 4.78 is 88.2. The van der Waals surface area contributed by atoms with E-state index in [0.29, 0.717) is 51.9 Å². The van der Waals surface area contributed by atoms with Gasteiger partial charge >= 0.3 is 31.3 Å². The molecule has 21 nitrogen and oxygen atoms in total. The Morgan fingerprint density at radius 1 is 0.581 bits per heavy atom. The molecule has 25 heteroatoms. The summed E-state index contributed by atoms with van der Waals surface area (Å²) >= 11 is 0. The summed E-state index contributed by atoms with van der Waals surface area (Å²) in [5, 5.41) is 9.29. The van der Waals surface area contributed by atoms with Crippen LogP contribution in [0.3, 0.4) is 0 Å². The fraction of sp³-hybridized carbons (Fsp3) is 0.946. The molecule has 2 aliphatic heterocycles. The monoisotopic (exact) mass is 976 g/mol. The van der Waals surface area contributed by atoms with Crippen molar-refractivity contribution in [2.24, 2.45) is 33.5 Å². The summed E-state index contributed by atoms with van der Waals surface area (Å²) in [4.78, 5) is 67.8. The molecule has 0 spiro atoms. The highest BCUT2D eigenvalue weighted by atomic mass is 31.2. The third kappa shape index (κ3) is 20.5. The zero-order chi connectivity index (χ0) is 48.2. The van der Waals surface area contributed by atoms with Gasteiger partial charge in [-0.3, -0.25) is 45.8 Å². The Balaban J connectivity index is 0.000000691. The van der Waals surface area contributed by atoms with Crippen LogP contribution in [0.1, 0.15) is 108 Å². The van der Waals surface area contributed by atoms with E-state index in [9.17, 15) is 52.5 Å². The molecule has 62 heavy (non-hydrogen) atoms. The Morgan fingerprint density at radius 3 is 1.27 bits per heavy atom. The normalized spacial score (nSPS) is 22.1. The molecule has 6 atom stereocenters. The molecule has 2 fully saturated rings. The van der Waals surface area contributed by atoms with Crippen LogP contribution in [0.4, 0.5) is 0 Å². The van der Waals surface area contributed by atoms with E-state index in [1.165, 1.54) is 0 Å². The number of piperidine rings is 2. The fourth-order valence-electron chi connectivity index (χ4n) is 6.27. The van der Waals surface area contributed by atoms with Gasteiger partial charge in [-0.25, -0.2) is 18.3 Å². The third-order valence-corrected chi connectivity index (χ3v) is 14.9. The molecule has 0 aromatic rings. The van der Waals surface area contributed by atoms with Crippen LogP contribution in [-0.2, 0) is 64.0 Å². The molecule has 0 aromatic carbocycles. The summed E-state index contributed by atoms with van der Waals surface area (Å²) in [6.45, 7) is 20.0. The van der Waals surface area contributed by atoms with Gasteiger partial charge in [-0.15, -0.1) is 0 Å². The lowest BCUT2D eigenvalue weighted by Crippen LogP contribution is -2.48. The minimum Gasteiger partial charge on any atom is -0.394 e. The third-order valence-electron chi connectivity index (χ3n) is 11.1. The second kappa shape index (κ2) is 24.4. The van der Waals surface area contributed by atoms with Gasteiger partial charge in [-0.2, -0.15) is 0 Å². The number of aliphatic hydroxyl groups is 1. The number of rotatable bonds is 22. The van der Waals surface area contributed by atoms with Crippen LogP contribution >= 0.6 is 31.3 Å². The molecule has 6 unspecified atom stereocenters. The van der Waals surface area contributed by atoms with Crippen molar-refractivity contribution in [2.75, 3.05) is 73.4 Å². The highest BCUT2D eigenvalue weighted by Crippen LogP contribution is 2.52. The summed E-state index contributed by atoms with van der Waals surface area (Å²) in [5.74, 6) is -0.163. The first-order valence-electron chi connectivity index (χ1n) is 20.7. The number of amides is 2. The van der Waals surface area contributed by atoms with Crippen molar-refractivity contribution in [1.82, 2.24) is 9.80 Å². The average molecular weight is 977 g/mol. The van der Waals surface area contributed by atoms with Crippen molar-refractivity contribution in [1.29, 1.82) is 0 Å². The second-order valence-electron chi connectivity index (χ2n) is 18.8. The van der Waals surface area contributed by atoms with Crippen molar-refractivity contribution in [3.05, 3.63) is 0 Å². The molecule has 2 aliphatic rings. The predicted molar refractivity (Wildman–Crippen MR) is 229 cm³/mol. The van der Waals surface area contributed by atoms with Crippen molar-refractivity contribution >= 4 is 43.1 Å². The molecule has 368 valence electrons. The Bertz CT molecular complexity index is 1600. The number of aliphatic hydroxyl groups excluding tert-OH is 1. The van der Waals surface area contributed by atoms with E-state index in [0.717, 1.165) is 20.6 Å². The Hall–Kier alpha value is -0.660. The summed E-state index contributed by atoms with van der Waals surface area (Å²) in [6, 6.07) is 0. The highest BCUT2D eigenvalue weighted by molar-refractivity contribution is 7.48. The summed E-state index contributed by atoms with van der Waals surface area (Å²) in [5.41, 5.74) is -2.51. The Labute approximate surface area is 368 Å².